The summed E-state index contributed by atoms with van der Waals surface area (Å²) in [4.78, 5) is 32.2. The summed E-state index contributed by atoms with van der Waals surface area (Å²) < 4.78 is 0. The molecule has 2 aromatic rings. The summed E-state index contributed by atoms with van der Waals surface area (Å²) in [5.41, 5.74) is 1.97. The third kappa shape index (κ3) is 3.77. The Labute approximate surface area is 176 Å². The molecule has 4 rings (SSSR count). The Morgan fingerprint density at radius 1 is 1.30 bits per heavy atom. The Bertz CT molecular complexity index is 991. The van der Waals surface area contributed by atoms with Crippen molar-refractivity contribution in [2.75, 3.05) is 22.6 Å². The predicted molar refractivity (Wildman–Crippen MR) is 113 cm³/mol. The highest BCUT2D eigenvalue weighted by atomic mass is 16.2. The summed E-state index contributed by atoms with van der Waals surface area (Å²) in [6, 6.07) is 2.10. The fourth-order valence-electron chi connectivity index (χ4n) is 4.28. The number of nitrogens with one attached hydrogen (secondary N) is 2. The first kappa shape index (κ1) is 20.0. The van der Waals surface area contributed by atoms with Gasteiger partial charge in [-0.2, -0.15) is 5.26 Å². The fourth-order valence-corrected chi connectivity index (χ4v) is 4.28. The van der Waals surface area contributed by atoms with Crippen LogP contribution >= 0.6 is 0 Å². The van der Waals surface area contributed by atoms with E-state index in [-0.39, 0.29) is 17.9 Å². The number of anilines is 3. The molecule has 2 aromatic heterocycles. The lowest BCUT2D eigenvalue weighted by atomic mass is 9.78. The SMILES string of the molecule is Cc1nc(CC2CC(Nc3ncc(C#N)cn3)C2)nc2c1NC(=O)[C@H](C(C)C)N2C. The van der Waals surface area contributed by atoms with Crippen LogP contribution in [0.2, 0.25) is 0 Å². The molecule has 156 valence electrons. The standard InChI is InChI=1S/C21H26N8O/c1-11(2)18-20(30)28-17-12(3)25-16(27-19(17)29(18)4)7-13-5-15(6-13)26-21-23-9-14(8-22)10-24-21/h9-11,13,15,18H,5-7H2,1-4H3,(H,28,30)(H,23,24,26)/t13?,15?,18-/m0/s1. The molecular formula is C21H26N8O. The zero-order valence-electron chi connectivity index (χ0n) is 17.7. The van der Waals surface area contributed by atoms with Crippen molar-refractivity contribution in [3.05, 3.63) is 29.5 Å². The summed E-state index contributed by atoms with van der Waals surface area (Å²) in [5, 5.41) is 15.1. The Hall–Kier alpha value is -3.28. The van der Waals surface area contributed by atoms with E-state index in [0.29, 0.717) is 29.2 Å². The van der Waals surface area contributed by atoms with E-state index >= 15 is 0 Å². The second-order valence-electron chi connectivity index (χ2n) is 8.50. The number of carbonyl (C=O) groups excluding carboxylic acids is 1. The van der Waals surface area contributed by atoms with E-state index < -0.39 is 0 Å². The van der Waals surface area contributed by atoms with Crippen molar-refractivity contribution < 1.29 is 4.79 Å². The minimum absolute atomic E-state index is 0.00243. The van der Waals surface area contributed by atoms with Crippen LogP contribution in [0.15, 0.2) is 12.4 Å². The van der Waals surface area contributed by atoms with Gasteiger partial charge in [0.05, 0.1) is 23.7 Å². The van der Waals surface area contributed by atoms with Crippen LogP contribution < -0.4 is 15.5 Å². The fraction of sp³-hybridized carbons (Fsp3) is 0.524. The number of nitriles is 1. The van der Waals surface area contributed by atoms with Crippen LogP contribution in [0.4, 0.5) is 17.5 Å². The number of amides is 1. The van der Waals surface area contributed by atoms with Crippen molar-refractivity contribution in [3.8, 4) is 6.07 Å². The van der Waals surface area contributed by atoms with Crippen LogP contribution in [-0.2, 0) is 11.2 Å². The summed E-state index contributed by atoms with van der Waals surface area (Å²) in [5.74, 6) is 2.84. The molecule has 30 heavy (non-hydrogen) atoms. The van der Waals surface area contributed by atoms with E-state index in [2.05, 4.69) is 25.6 Å². The minimum Gasteiger partial charge on any atom is -0.351 e. The van der Waals surface area contributed by atoms with Gasteiger partial charge in [0.15, 0.2) is 5.82 Å². The summed E-state index contributed by atoms with van der Waals surface area (Å²) in [7, 11) is 1.93. The molecule has 0 radical (unpaired) electrons. The van der Waals surface area contributed by atoms with E-state index in [0.717, 1.165) is 36.6 Å². The molecule has 1 aliphatic heterocycles. The predicted octanol–water partition coefficient (Wildman–Crippen LogP) is 2.29. The largest absolute Gasteiger partial charge is 0.351 e. The van der Waals surface area contributed by atoms with E-state index in [1.165, 1.54) is 12.4 Å². The van der Waals surface area contributed by atoms with Crippen molar-refractivity contribution >= 4 is 23.4 Å². The van der Waals surface area contributed by atoms with Gasteiger partial charge in [0.25, 0.3) is 0 Å². The molecular weight excluding hydrogens is 380 g/mol. The van der Waals surface area contributed by atoms with E-state index in [1.807, 2.05) is 38.8 Å². The van der Waals surface area contributed by atoms with Crippen molar-refractivity contribution in [3.63, 3.8) is 0 Å². The van der Waals surface area contributed by atoms with Gasteiger partial charge in [-0.05, 0) is 31.6 Å². The molecule has 9 nitrogen and oxygen atoms in total. The van der Waals surface area contributed by atoms with Crippen molar-refractivity contribution in [1.29, 1.82) is 5.26 Å². The van der Waals surface area contributed by atoms with Crippen LogP contribution in [0.5, 0.6) is 0 Å². The summed E-state index contributed by atoms with van der Waals surface area (Å²) in [6.07, 6.45) is 5.83. The van der Waals surface area contributed by atoms with E-state index in [9.17, 15) is 4.79 Å². The second kappa shape index (κ2) is 7.86. The Morgan fingerprint density at radius 2 is 2.00 bits per heavy atom. The zero-order chi connectivity index (χ0) is 21.4. The number of carbonyl (C=O) groups is 1. The molecule has 0 unspecified atom stereocenters. The molecule has 0 aromatic carbocycles. The Morgan fingerprint density at radius 3 is 2.63 bits per heavy atom. The van der Waals surface area contributed by atoms with Crippen molar-refractivity contribution in [2.24, 2.45) is 11.8 Å². The van der Waals surface area contributed by atoms with Gasteiger partial charge in [-0.3, -0.25) is 4.79 Å². The number of nitrogens with zero attached hydrogens (tertiary/aromatic N) is 6. The van der Waals surface area contributed by atoms with Crippen LogP contribution in [0.1, 0.15) is 43.8 Å². The van der Waals surface area contributed by atoms with Gasteiger partial charge in [-0.1, -0.05) is 13.8 Å². The molecule has 0 saturated heterocycles. The Balaban J connectivity index is 1.40. The average Bonchev–Trinajstić information content (AvgIpc) is 2.67. The van der Waals surface area contributed by atoms with Crippen LogP contribution in [0.25, 0.3) is 0 Å². The van der Waals surface area contributed by atoms with Gasteiger partial charge >= 0.3 is 0 Å². The monoisotopic (exact) mass is 406 g/mol. The summed E-state index contributed by atoms with van der Waals surface area (Å²) >= 11 is 0. The van der Waals surface area contributed by atoms with Crippen LogP contribution in [0, 0.1) is 30.1 Å². The number of aromatic nitrogens is 4. The Kier molecular flexibility index (Phi) is 5.24. The molecule has 0 spiro atoms. The maximum Gasteiger partial charge on any atom is 0.247 e. The van der Waals surface area contributed by atoms with Crippen molar-refractivity contribution in [1.82, 2.24) is 19.9 Å². The molecule has 1 atom stereocenters. The molecule has 1 fully saturated rings. The lowest BCUT2D eigenvalue weighted by Gasteiger charge is -2.38. The van der Waals surface area contributed by atoms with E-state index in [1.54, 1.807) is 0 Å². The minimum atomic E-state index is -0.232. The first-order chi connectivity index (χ1) is 14.4. The topological polar surface area (TPSA) is 120 Å². The molecule has 0 bridgehead atoms. The normalized spacial score (nSPS) is 22.7. The number of fused-ring (bicyclic) bond motifs is 1. The van der Waals surface area contributed by atoms with Crippen LogP contribution in [0.3, 0.4) is 0 Å². The smallest absolute Gasteiger partial charge is 0.247 e. The first-order valence-electron chi connectivity index (χ1n) is 10.3. The maximum atomic E-state index is 12.5. The maximum absolute atomic E-state index is 12.5. The van der Waals surface area contributed by atoms with Crippen molar-refractivity contribution in [2.45, 2.75) is 52.1 Å². The van der Waals surface area contributed by atoms with Crippen LogP contribution in [-0.4, -0.2) is 45.0 Å². The third-order valence-electron chi connectivity index (χ3n) is 5.84. The van der Waals surface area contributed by atoms with E-state index in [4.69, 9.17) is 10.2 Å². The highest BCUT2D eigenvalue weighted by Crippen LogP contribution is 2.36. The molecule has 1 aliphatic carbocycles. The third-order valence-corrected chi connectivity index (χ3v) is 5.84. The van der Waals surface area contributed by atoms with Gasteiger partial charge in [-0.25, -0.2) is 19.9 Å². The first-order valence-corrected chi connectivity index (χ1v) is 10.3. The summed E-state index contributed by atoms with van der Waals surface area (Å²) in [6.45, 7) is 6.00. The highest BCUT2D eigenvalue weighted by Gasteiger charge is 2.36. The molecule has 2 aliphatic rings. The number of hydrogen-bond acceptors (Lipinski definition) is 8. The molecule has 3 heterocycles. The lowest BCUT2D eigenvalue weighted by Crippen LogP contribution is -2.50. The number of aryl methyl sites for hydroxylation is 1. The van der Waals surface area contributed by atoms with Gasteiger partial charge in [0.2, 0.25) is 11.9 Å². The zero-order valence-corrected chi connectivity index (χ0v) is 17.7. The van der Waals surface area contributed by atoms with Gasteiger partial charge in [-0.15, -0.1) is 0 Å². The second-order valence-corrected chi connectivity index (χ2v) is 8.50. The molecule has 9 heteroatoms. The number of likely N-dealkylation sites (N-methyl/N-ethyl adjacent to an activating group) is 1. The van der Waals surface area contributed by atoms with Gasteiger partial charge in [0, 0.05) is 19.5 Å². The number of hydrogen-bond donors (Lipinski definition) is 2. The average molecular weight is 406 g/mol. The number of rotatable bonds is 5. The molecule has 2 N–H and O–H groups in total. The van der Waals surface area contributed by atoms with Gasteiger partial charge < -0.3 is 15.5 Å². The molecule has 1 saturated carbocycles. The highest BCUT2D eigenvalue weighted by molar-refractivity contribution is 6.03. The lowest BCUT2D eigenvalue weighted by molar-refractivity contribution is -0.118. The molecule has 1 amide bonds. The van der Waals surface area contributed by atoms with Gasteiger partial charge in [0.1, 0.15) is 23.6 Å². The quantitative estimate of drug-likeness (QED) is 0.776.